The molecule has 2 aliphatic rings. The molecule has 0 radical (unpaired) electrons. The Balaban J connectivity index is 1.37. The highest BCUT2D eigenvalue weighted by molar-refractivity contribution is 5.94. The zero-order chi connectivity index (χ0) is 19.0. The Labute approximate surface area is 163 Å². The second kappa shape index (κ2) is 6.80. The number of pyridine rings is 1. The molecule has 140 valence electrons. The molecule has 1 spiro atoms. The SMILES string of the molecule is O=C(c1cnc(-c2ccccn2)nc1)N1CCOC2(CCc3ccccc32)C1. The summed E-state index contributed by atoms with van der Waals surface area (Å²) in [4.78, 5) is 27.9. The van der Waals surface area contributed by atoms with Crippen molar-refractivity contribution >= 4 is 5.91 Å². The molecular formula is C22H20N4O2. The maximum absolute atomic E-state index is 13.1. The first kappa shape index (κ1) is 17.0. The lowest BCUT2D eigenvalue weighted by Crippen LogP contribution is -2.51. The van der Waals surface area contributed by atoms with Gasteiger partial charge in [-0.05, 0) is 36.1 Å². The van der Waals surface area contributed by atoms with Gasteiger partial charge in [0.15, 0.2) is 5.82 Å². The summed E-state index contributed by atoms with van der Waals surface area (Å²) in [5, 5.41) is 0. The molecule has 1 amide bonds. The molecule has 1 aliphatic carbocycles. The first-order valence-electron chi connectivity index (χ1n) is 9.50. The average molecular weight is 372 g/mol. The van der Waals surface area contributed by atoms with Gasteiger partial charge in [-0.3, -0.25) is 9.78 Å². The second-order valence-corrected chi connectivity index (χ2v) is 7.24. The number of amides is 1. The maximum Gasteiger partial charge on any atom is 0.257 e. The van der Waals surface area contributed by atoms with Crippen molar-refractivity contribution < 1.29 is 9.53 Å². The number of rotatable bonds is 2. The Kier molecular flexibility index (Phi) is 4.13. The lowest BCUT2D eigenvalue weighted by Gasteiger charge is -2.41. The smallest absolute Gasteiger partial charge is 0.257 e. The highest BCUT2D eigenvalue weighted by Gasteiger charge is 2.44. The molecule has 0 bridgehead atoms. The number of carbonyl (C=O) groups excluding carboxylic acids is 1. The highest BCUT2D eigenvalue weighted by atomic mass is 16.5. The van der Waals surface area contributed by atoms with Crippen molar-refractivity contribution in [3.8, 4) is 11.5 Å². The molecular weight excluding hydrogens is 352 g/mol. The number of hydrogen-bond donors (Lipinski definition) is 0. The summed E-state index contributed by atoms with van der Waals surface area (Å²) in [6.07, 6.45) is 6.77. The topological polar surface area (TPSA) is 68.2 Å². The number of carbonyl (C=O) groups is 1. The number of nitrogens with zero attached hydrogens (tertiary/aromatic N) is 4. The van der Waals surface area contributed by atoms with Gasteiger partial charge in [-0.15, -0.1) is 0 Å². The van der Waals surface area contributed by atoms with Gasteiger partial charge in [0.1, 0.15) is 11.3 Å². The molecule has 1 aliphatic heterocycles. The first-order chi connectivity index (χ1) is 13.8. The van der Waals surface area contributed by atoms with Crippen molar-refractivity contribution in [1.29, 1.82) is 0 Å². The van der Waals surface area contributed by atoms with E-state index in [-0.39, 0.29) is 11.5 Å². The fraction of sp³-hybridized carbons (Fsp3) is 0.273. The van der Waals surface area contributed by atoms with Crippen molar-refractivity contribution in [3.05, 3.63) is 77.7 Å². The zero-order valence-corrected chi connectivity index (χ0v) is 15.4. The van der Waals surface area contributed by atoms with Crippen molar-refractivity contribution in [2.45, 2.75) is 18.4 Å². The molecule has 1 fully saturated rings. The lowest BCUT2D eigenvalue weighted by atomic mass is 9.93. The minimum absolute atomic E-state index is 0.0559. The summed E-state index contributed by atoms with van der Waals surface area (Å²) in [6.45, 7) is 1.67. The molecule has 1 saturated heterocycles. The number of ether oxygens (including phenoxy) is 1. The van der Waals surface area contributed by atoms with E-state index in [1.807, 2.05) is 29.2 Å². The minimum Gasteiger partial charge on any atom is -0.367 e. The Morgan fingerprint density at radius 1 is 1.04 bits per heavy atom. The zero-order valence-electron chi connectivity index (χ0n) is 15.4. The van der Waals surface area contributed by atoms with E-state index in [0.29, 0.717) is 36.8 Å². The Hall–Kier alpha value is -3.12. The number of hydrogen-bond acceptors (Lipinski definition) is 5. The average Bonchev–Trinajstić information content (AvgIpc) is 3.12. The molecule has 6 nitrogen and oxygen atoms in total. The van der Waals surface area contributed by atoms with Crippen LogP contribution < -0.4 is 0 Å². The van der Waals surface area contributed by atoms with Crippen LogP contribution in [0.5, 0.6) is 0 Å². The van der Waals surface area contributed by atoms with E-state index in [0.717, 1.165) is 12.8 Å². The molecule has 2 aromatic heterocycles. The summed E-state index contributed by atoms with van der Waals surface area (Å²) in [5.74, 6) is 0.458. The van der Waals surface area contributed by atoms with Gasteiger partial charge in [0, 0.05) is 25.1 Å². The predicted molar refractivity (Wildman–Crippen MR) is 104 cm³/mol. The third-order valence-electron chi connectivity index (χ3n) is 5.57. The minimum atomic E-state index is -0.390. The van der Waals surface area contributed by atoms with E-state index in [1.54, 1.807) is 18.6 Å². The van der Waals surface area contributed by atoms with Gasteiger partial charge in [-0.1, -0.05) is 30.3 Å². The van der Waals surface area contributed by atoms with Crippen molar-refractivity contribution in [2.24, 2.45) is 0 Å². The fourth-order valence-corrected chi connectivity index (χ4v) is 4.17. The number of fused-ring (bicyclic) bond motifs is 2. The molecule has 6 heteroatoms. The van der Waals surface area contributed by atoms with Crippen LogP contribution in [0.1, 0.15) is 27.9 Å². The second-order valence-electron chi connectivity index (χ2n) is 7.24. The van der Waals surface area contributed by atoms with Gasteiger partial charge < -0.3 is 9.64 Å². The van der Waals surface area contributed by atoms with E-state index >= 15 is 0 Å². The summed E-state index contributed by atoms with van der Waals surface area (Å²) in [7, 11) is 0. The first-order valence-corrected chi connectivity index (χ1v) is 9.50. The van der Waals surface area contributed by atoms with Gasteiger partial charge in [-0.25, -0.2) is 9.97 Å². The predicted octanol–water partition coefficient (Wildman–Crippen LogP) is 2.85. The van der Waals surface area contributed by atoms with Crippen LogP contribution in [0.4, 0.5) is 0 Å². The fourth-order valence-electron chi connectivity index (χ4n) is 4.17. The number of benzene rings is 1. The number of aromatic nitrogens is 3. The van der Waals surface area contributed by atoms with Gasteiger partial charge in [0.25, 0.3) is 5.91 Å². The van der Waals surface area contributed by atoms with Gasteiger partial charge in [0.2, 0.25) is 0 Å². The molecule has 1 atom stereocenters. The van der Waals surface area contributed by atoms with E-state index in [4.69, 9.17) is 4.74 Å². The molecule has 1 unspecified atom stereocenters. The van der Waals surface area contributed by atoms with E-state index in [1.165, 1.54) is 11.1 Å². The van der Waals surface area contributed by atoms with Gasteiger partial charge >= 0.3 is 0 Å². The molecule has 3 heterocycles. The molecule has 5 rings (SSSR count). The third-order valence-corrected chi connectivity index (χ3v) is 5.57. The summed E-state index contributed by atoms with van der Waals surface area (Å²) in [5.41, 5.74) is 3.32. The standard InChI is InChI=1S/C22H20N4O2/c27-21(17-13-24-20(25-14-17)19-7-3-4-10-23-19)26-11-12-28-22(15-26)9-8-16-5-1-2-6-18(16)22/h1-7,10,13-14H,8-9,11-12,15H2. The number of morpholine rings is 1. The van der Waals surface area contributed by atoms with Crippen LogP contribution in [0.25, 0.3) is 11.5 Å². The molecule has 0 saturated carbocycles. The van der Waals surface area contributed by atoms with Crippen LogP contribution in [0.2, 0.25) is 0 Å². The van der Waals surface area contributed by atoms with Crippen molar-refractivity contribution in [1.82, 2.24) is 19.9 Å². The van der Waals surface area contributed by atoms with E-state index in [2.05, 4.69) is 33.2 Å². The van der Waals surface area contributed by atoms with Crippen LogP contribution >= 0.6 is 0 Å². The monoisotopic (exact) mass is 372 g/mol. The van der Waals surface area contributed by atoms with Crippen molar-refractivity contribution in [2.75, 3.05) is 19.7 Å². The molecule has 28 heavy (non-hydrogen) atoms. The van der Waals surface area contributed by atoms with Crippen LogP contribution in [0.3, 0.4) is 0 Å². The molecule has 0 N–H and O–H groups in total. The third kappa shape index (κ3) is 2.86. The molecule has 3 aromatic rings. The van der Waals surface area contributed by atoms with Crippen LogP contribution in [-0.4, -0.2) is 45.5 Å². The molecule has 1 aromatic carbocycles. The van der Waals surface area contributed by atoms with Crippen molar-refractivity contribution in [3.63, 3.8) is 0 Å². The van der Waals surface area contributed by atoms with E-state index < -0.39 is 0 Å². The lowest BCUT2D eigenvalue weighted by molar-refractivity contribution is -0.103. The van der Waals surface area contributed by atoms with Gasteiger partial charge in [-0.2, -0.15) is 0 Å². The Morgan fingerprint density at radius 3 is 2.68 bits per heavy atom. The normalized spacial score (nSPS) is 20.9. The summed E-state index contributed by atoms with van der Waals surface area (Å²) < 4.78 is 6.21. The Morgan fingerprint density at radius 2 is 1.86 bits per heavy atom. The van der Waals surface area contributed by atoms with Crippen LogP contribution in [-0.2, 0) is 16.8 Å². The quantitative estimate of drug-likeness (QED) is 0.692. The van der Waals surface area contributed by atoms with Crippen LogP contribution in [0, 0.1) is 0 Å². The Bertz CT molecular complexity index is 1000. The van der Waals surface area contributed by atoms with Gasteiger partial charge in [0.05, 0.1) is 18.7 Å². The number of aryl methyl sites for hydroxylation is 1. The highest BCUT2D eigenvalue weighted by Crippen LogP contribution is 2.42. The van der Waals surface area contributed by atoms with Crippen LogP contribution in [0.15, 0.2) is 61.1 Å². The summed E-state index contributed by atoms with van der Waals surface area (Å²) in [6, 6.07) is 14.0. The largest absolute Gasteiger partial charge is 0.367 e. The van der Waals surface area contributed by atoms with E-state index in [9.17, 15) is 4.79 Å². The maximum atomic E-state index is 13.1. The summed E-state index contributed by atoms with van der Waals surface area (Å²) >= 11 is 0.